The number of β-amino-alcohol motifs (C(OH)–C–C–N with tert-alkyl or cyclic N) is 1. The third-order valence-electron chi connectivity index (χ3n) is 8.68. The van der Waals surface area contributed by atoms with Crippen LogP contribution in [0.1, 0.15) is 75.9 Å². The number of carbonyl (C=O) groups is 1. The van der Waals surface area contributed by atoms with Gasteiger partial charge in [-0.15, -0.1) is 12.4 Å². The summed E-state index contributed by atoms with van der Waals surface area (Å²) < 4.78 is 6.31. The number of piperazine rings is 1. The first-order chi connectivity index (χ1) is 21.2. The maximum Gasteiger partial charge on any atom is 0.262 e. The molecule has 3 N–H and O–H groups in total. The van der Waals surface area contributed by atoms with Crippen LogP contribution >= 0.6 is 35.6 Å². The van der Waals surface area contributed by atoms with Crippen molar-refractivity contribution >= 4 is 41.5 Å². The Labute approximate surface area is 290 Å². The fourth-order valence-corrected chi connectivity index (χ4v) is 6.68. The van der Waals surface area contributed by atoms with E-state index in [1.54, 1.807) is 0 Å². The molecule has 0 saturated carbocycles. The SMILES string of the molecule is CCOc1cc(C(C)(C)C)ccc1C1(C(=O)N2CCN(CC(C)(C)O)CC2)N[C@H](c2ccc(Cl)cc2)[C@H](c2ccc(Cl)cc2)N1.Cl. The molecule has 3 atom stereocenters. The van der Waals surface area contributed by atoms with Gasteiger partial charge in [-0.1, -0.05) is 80.4 Å². The van der Waals surface area contributed by atoms with Gasteiger partial charge in [0.2, 0.25) is 0 Å². The van der Waals surface area contributed by atoms with Gasteiger partial charge in [-0.25, -0.2) is 0 Å². The van der Waals surface area contributed by atoms with E-state index in [4.69, 9.17) is 27.9 Å². The molecule has 3 aromatic carbocycles. The number of carbonyl (C=O) groups excluding carboxylic acids is 1. The minimum Gasteiger partial charge on any atom is -0.493 e. The van der Waals surface area contributed by atoms with E-state index in [1.165, 1.54) is 0 Å². The second kappa shape index (κ2) is 14.4. The van der Waals surface area contributed by atoms with Crippen molar-refractivity contribution in [3.8, 4) is 5.75 Å². The zero-order chi connectivity index (χ0) is 32.6. The lowest BCUT2D eigenvalue weighted by Crippen LogP contribution is -2.62. The molecule has 2 heterocycles. The number of hydrogen-bond donors (Lipinski definition) is 3. The summed E-state index contributed by atoms with van der Waals surface area (Å²) in [5, 5.41) is 19.3. The molecule has 0 aliphatic carbocycles. The van der Waals surface area contributed by atoms with Crippen LogP contribution in [0.3, 0.4) is 0 Å². The summed E-state index contributed by atoms with van der Waals surface area (Å²) in [6, 6.07) is 21.2. The molecule has 3 aromatic rings. The average Bonchev–Trinajstić information content (AvgIpc) is 3.38. The van der Waals surface area contributed by atoms with Gasteiger partial charge < -0.3 is 14.7 Å². The predicted molar refractivity (Wildman–Crippen MR) is 189 cm³/mol. The van der Waals surface area contributed by atoms with Crippen LogP contribution < -0.4 is 15.4 Å². The molecule has 2 aliphatic heterocycles. The molecular formula is C36H47Cl3N4O3. The summed E-state index contributed by atoms with van der Waals surface area (Å²) >= 11 is 12.6. The van der Waals surface area contributed by atoms with Crippen molar-refractivity contribution in [2.45, 2.75) is 70.3 Å². The molecule has 1 amide bonds. The lowest BCUT2D eigenvalue weighted by atomic mass is 9.84. The number of benzene rings is 3. The number of amides is 1. The molecule has 2 fully saturated rings. The number of ether oxygens (including phenoxy) is 1. The monoisotopic (exact) mass is 688 g/mol. The Morgan fingerprint density at radius 1 is 0.870 bits per heavy atom. The number of nitrogens with zero attached hydrogens (tertiary/aromatic N) is 2. The molecule has 1 unspecified atom stereocenters. The van der Waals surface area contributed by atoms with E-state index in [0.29, 0.717) is 55.1 Å². The Balaban J connectivity index is 0.00000480. The van der Waals surface area contributed by atoms with Gasteiger partial charge in [-0.3, -0.25) is 20.3 Å². The summed E-state index contributed by atoms with van der Waals surface area (Å²) in [7, 11) is 0. The maximum atomic E-state index is 15.1. The van der Waals surface area contributed by atoms with E-state index < -0.39 is 11.3 Å². The lowest BCUT2D eigenvalue weighted by Gasteiger charge is -2.42. The number of halogens is 3. The van der Waals surface area contributed by atoms with E-state index in [1.807, 2.05) is 80.3 Å². The molecule has 0 bridgehead atoms. The van der Waals surface area contributed by atoms with Crippen molar-refractivity contribution in [1.82, 2.24) is 20.4 Å². The summed E-state index contributed by atoms with van der Waals surface area (Å²) in [6.45, 7) is 15.6. The van der Waals surface area contributed by atoms with Crippen molar-refractivity contribution < 1.29 is 14.6 Å². The van der Waals surface area contributed by atoms with Crippen molar-refractivity contribution in [3.05, 3.63) is 99.0 Å². The second-order valence-corrected chi connectivity index (χ2v) is 14.7. The summed E-state index contributed by atoms with van der Waals surface area (Å²) in [5.74, 6) is 0.607. The van der Waals surface area contributed by atoms with Crippen molar-refractivity contribution in [3.63, 3.8) is 0 Å². The van der Waals surface area contributed by atoms with E-state index in [-0.39, 0.29) is 35.8 Å². The molecule has 2 aliphatic rings. The van der Waals surface area contributed by atoms with Gasteiger partial charge in [0.1, 0.15) is 5.75 Å². The zero-order valence-corrected chi connectivity index (χ0v) is 29.9. The van der Waals surface area contributed by atoms with Crippen LogP contribution in [-0.4, -0.2) is 65.7 Å². The Kier molecular flexibility index (Phi) is 11.4. The van der Waals surface area contributed by atoms with Crippen molar-refractivity contribution in [2.75, 3.05) is 39.3 Å². The van der Waals surface area contributed by atoms with Crippen LogP contribution in [0.5, 0.6) is 5.75 Å². The summed E-state index contributed by atoms with van der Waals surface area (Å²) in [4.78, 5) is 19.2. The van der Waals surface area contributed by atoms with Crippen LogP contribution in [0, 0.1) is 0 Å². The van der Waals surface area contributed by atoms with Crippen LogP contribution in [-0.2, 0) is 15.9 Å². The Morgan fingerprint density at radius 3 is 1.80 bits per heavy atom. The van der Waals surface area contributed by atoms with Gasteiger partial charge in [0.15, 0.2) is 5.66 Å². The highest BCUT2D eigenvalue weighted by Gasteiger charge is 2.54. The van der Waals surface area contributed by atoms with Gasteiger partial charge in [-0.2, -0.15) is 0 Å². The van der Waals surface area contributed by atoms with E-state index in [2.05, 4.69) is 48.4 Å². The minimum absolute atomic E-state index is 0. The molecule has 5 rings (SSSR count). The third-order valence-corrected chi connectivity index (χ3v) is 9.18. The predicted octanol–water partition coefficient (Wildman–Crippen LogP) is 6.85. The first-order valence-corrected chi connectivity index (χ1v) is 16.5. The highest BCUT2D eigenvalue weighted by Crippen LogP contribution is 2.45. The van der Waals surface area contributed by atoms with Gasteiger partial charge >= 0.3 is 0 Å². The van der Waals surface area contributed by atoms with Crippen molar-refractivity contribution in [1.29, 1.82) is 0 Å². The summed E-state index contributed by atoms with van der Waals surface area (Å²) in [5.41, 5.74) is 1.67. The molecule has 0 spiro atoms. The number of rotatable bonds is 8. The second-order valence-electron chi connectivity index (χ2n) is 13.9. The first kappa shape index (κ1) is 36.5. The minimum atomic E-state index is -1.30. The Hall–Kier alpha value is -2.36. The molecule has 250 valence electrons. The Morgan fingerprint density at radius 2 is 1.37 bits per heavy atom. The van der Waals surface area contributed by atoms with Crippen LogP contribution in [0.25, 0.3) is 0 Å². The standard InChI is InChI=1S/C36H46Cl2N4O3.ClH/c1-7-45-30-22-26(34(2,3)4)12-17-29(30)36(33(43)42-20-18-41(19-21-42)23-35(5,6)44)39-31(24-8-13-27(37)14-9-24)32(40-36)25-10-15-28(38)16-11-25;/h8-17,22,31-32,39-40,44H,7,18-21,23H2,1-6H3;1H/t31-,32+,36?;. The molecular weight excluding hydrogens is 643 g/mol. The molecule has 2 saturated heterocycles. The lowest BCUT2D eigenvalue weighted by molar-refractivity contribution is -0.141. The normalized spacial score (nSPS) is 22.4. The highest BCUT2D eigenvalue weighted by molar-refractivity contribution is 6.30. The molecule has 46 heavy (non-hydrogen) atoms. The largest absolute Gasteiger partial charge is 0.493 e. The smallest absolute Gasteiger partial charge is 0.262 e. The number of nitrogens with one attached hydrogen (secondary N) is 2. The van der Waals surface area contributed by atoms with E-state index in [9.17, 15) is 5.11 Å². The van der Waals surface area contributed by atoms with Crippen molar-refractivity contribution in [2.24, 2.45) is 0 Å². The topological polar surface area (TPSA) is 77.1 Å². The van der Waals surface area contributed by atoms with Crippen LogP contribution in [0.2, 0.25) is 10.0 Å². The molecule has 0 aromatic heterocycles. The van der Waals surface area contributed by atoms with Gasteiger partial charge in [0.25, 0.3) is 5.91 Å². The van der Waals surface area contributed by atoms with Gasteiger partial charge in [0, 0.05) is 48.3 Å². The number of hydrogen-bond acceptors (Lipinski definition) is 6. The fraction of sp³-hybridized carbons (Fsp3) is 0.472. The van der Waals surface area contributed by atoms with E-state index >= 15 is 4.79 Å². The first-order valence-electron chi connectivity index (χ1n) is 15.8. The van der Waals surface area contributed by atoms with Gasteiger partial charge in [-0.05, 0) is 73.2 Å². The quantitative estimate of drug-likeness (QED) is 0.240. The molecule has 0 radical (unpaired) electrons. The van der Waals surface area contributed by atoms with E-state index in [0.717, 1.165) is 22.3 Å². The average molecular weight is 690 g/mol. The molecule has 10 heteroatoms. The Bertz CT molecular complexity index is 1420. The molecule has 7 nitrogen and oxygen atoms in total. The number of aliphatic hydroxyl groups is 1. The van der Waals surface area contributed by atoms with Crippen LogP contribution in [0.4, 0.5) is 0 Å². The summed E-state index contributed by atoms with van der Waals surface area (Å²) in [6.07, 6.45) is 0. The third kappa shape index (κ3) is 8.01. The maximum absolute atomic E-state index is 15.1. The van der Waals surface area contributed by atoms with Crippen LogP contribution in [0.15, 0.2) is 66.7 Å². The fourth-order valence-electron chi connectivity index (χ4n) is 6.43. The van der Waals surface area contributed by atoms with Gasteiger partial charge in [0.05, 0.1) is 24.3 Å². The zero-order valence-electron chi connectivity index (χ0n) is 27.6. The highest BCUT2D eigenvalue weighted by atomic mass is 35.5.